The Balaban J connectivity index is 0.00000241. The Kier molecular flexibility index (Phi) is 11.0. The highest BCUT2D eigenvalue weighted by Crippen LogP contribution is 2.25. The number of anilines is 1. The molecule has 0 aliphatic rings. The van der Waals surface area contributed by atoms with Gasteiger partial charge in [-0.25, -0.2) is 9.97 Å². The number of amidine groups is 1. The van der Waals surface area contributed by atoms with Crippen molar-refractivity contribution in [2.45, 2.75) is 19.8 Å². The molecule has 2 aromatic carbocycles. The lowest BCUT2D eigenvalue weighted by molar-refractivity contribution is -0.141. The van der Waals surface area contributed by atoms with Crippen molar-refractivity contribution >= 4 is 69.9 Å². The van der Waals surface area contributed by atoms with E-state index >= 15 is 0 Å². The Morgan fingerprint density at radius 1 is 1.03 bits per heavy atom. The average molecular weight is 561 g/mol. The average Bonchev–Trinajstić information content (AvgIpc) is 3.29. The van der Waals surface area contributed by atoms with Gasteiger partial charge in [-0.2, -0.15) is 0 Å². The smallest absolute Gasteiger partial charge is 0.326 e. The molecule has 2 aromatic heterocycles. The summed E-state index contributed by atoms with van der Waals surface area (Å²) in [7, 11) is 0. The number of amides is 1. The van der Waals surface area contributed by atoms with Crippen LogP contribution in [0.1, 0.15) is 33.4 Å². The van der Waals surface area contributed by atoms with Crippen molar-refractivity contribution in [2.24, 2.45) is 5.73 Å². The Hall–Kier alpha value is -3.53. The quantitative estimate of drug-likeness (QED) is 0.172. The zero-order chi connectivity index (χ0) is 24.8. The van der Waals surface area contributed by atoms with Gasteiger partial charge in [0.15, 0.2) is 0 Å². The fourth-order valence-corrected chi connectivity index (χ4v) is 4.53. The van der Waals surface area contributed by atoms with Gasteiger partial charge < -0.3 is 10.5 Å². The number of fused-ring (bicyclic) bond motifs is 1. The van der Waals surface area contributed by atoms with Gasteiger partial charge in [-0.1, -0.05) is 30.3 Å². The van der Waals surface area contributed by atoms with Crippen LogP contribution in [0.4, 0.5) is 5.82 Å². The zero-order valence-corrected chi connectivity index (χ0v) is 22.5. The molecule has 1 amide bonds. The van der Waals surface area contributed by atoms with Crippen LogP contribution in [0.15, 0.2) is 66.9 Å². The molecule has 4 aromatic rings. The number of thiazole rings is 1. The van der Waals surface area contributed by atoms with Crippen molar-refractivity contribution < 1.29 is 14.3 Å². The van der Waals surface area contributed by atoms with E-state index < -0.39 is 5.97 Å². The summed E-state index contributed by atoms with van der Waals surface area (Å²) in [4.78, 5) is 35.8. The summed E-state index contributed by atoms with van der Waals surface area (Å²) in [5.41, 5.74) is 8.51. The Morgan fingerprint density at radius 2 is 1.76 bits per heavy atom. The minimum atomic E-state index is -0.500. The van der Waals surface area contributed by atoms with Crippen LogP contribution < -0.4 is 10.6 Å². The van der Waals surface area contributed by atoms with Gasteiger partial charge >= 0.3 is 5.97 Å². The molecule has 0 atom stereocenters. The van der Waals surface area contributed by atoms with E-state index in [1.165, 1.54) is 4.90 Å². The number of nitrogens with one attached hydrogen (secondary N) is 1. The summed E-state index contributed by atoms with van der Waals surface area (Å²) in [6.07, 6.45) is 3.13. The minimum Gasteiger partial charge on any atom is -0.465 e. The van der Waals surface area contributed by atoms with E-state index in [4.69, 9.17) is 20.9 Å². The molecule has 0 radical (unpaired) electrons. The molecular formula is C26H27Cl2N5O3S. The first-order valence-electron chi connectivity index (χ1n) is 11.2. The van der Waals surface area contributed by atoms with E-state index in [9.17, 15) is 9.59 Å². The second-order valence-electron chi connectivity index (χ2n) is 7.78. The van der Waals surface area contributed by atoms with Crippen molar-refractivity contribution in [3.8, 4) is 0 Å². The molecule has 2 heterocycles. The third-order valence-electron chi connectivity index (χ3n) is 5.33. The maximum absolute atomic E-state index is 13.4. The van der Waals surface area contributed by atoms with Gasteiger partial charge in [-0.15, -0.1) is 36.2 Å². The Labute approximate surface area is 231 Å². The number of esters is 1. The first-order chi connectivity index (χ1) is 16.9. The second kappa shape index (κ2) is 13.7. The van der Waals surface area contributed by atoms with Gasteiger partial charge in [-0.05, 0) is 49.2 Å². The number of hydrogen-bond acceptors (Lipinski definition) is 7. The predicted molar refractivity (Wildman–Crippen MR) is 152 cm³/mol. The van der Waals surface area contributed by atoms with Crippen molar-refractivity contribution in [1.82, 2.24) is 9.97 Å². The number of carbonyl (C=O) groups is 2. The summed E-state index contributed by atoms with van der Waals surface area (Å²) >= 11 is 1.59. The van der Waals surface area contributed by atoms with Crippen LogP contribution in [0.2, 0.25) is 0 Å². The molecule has 0 aliphatic carbocycles. The molecule has 0 fully saturated rings. The molecule has 0 saturated heterocycles. The normalized spacial score (nSPS) is 10.2. The van der Waals surface area contributed by atoms with E-state index in [2.05, 4.69) is 4.98 Å². The molecule has 0 spiro atoms. The van der Waals surface area contributed by atoms with Crippen LogP contribution in [-0.2, 0) is 22.4 Å². The first-order valence-corrected chi connectivity index (χ1v) is 12.0. The van der Waals surface area contributed by atoms with Gasteiger partial charge in [-0.3, -0.25) is 19.9 Å². The van der Waals surface area contributed by atoms with E-state index in [0.717, 1.165) is 33.6 Å². The molecular weight excluding hydrogens is 533 g/mol. The summed E-state index contributed by atoms with van der Waals surface area (Å²) in [6, 6.07) is 18.2. The Morgan fingerprint density at radius 3 is 2.41 bits per heavy atom. The van der Waals surface area contributed by atoms with Crippen molar-refractivity contribution in [3.05, 3.63) is 88.6 Å². The van der Waals surface area contributed by atoms with Crippen LogP contribution in [0.5, 0.6) is 0 Å². The molecule has 0 saturated carbocycles. The Bertz CT molecular complexity index is 1360. The van der Waals surface area contributed by atoms with Crippen LogP contribution in [0.25, 0.3) is 10.2 Å². The summed E-state index contributed by atoms with van der Waals surface area (Å²) in [5, 5.41) is 8.46. The molecule has 8 nitrogen and oxygen atoms in total. The zero-order valence-electron chi connectivity index (χ0n) is 20.0. The number of ether oxygens (including phenoxy) is 1. The number of carbonyl (C=O) groups excluding carboxylic acids is 2. The van der Waals surface area contributed by atoms with E-state index in [1.807, 2.05) is 30.3 Å². The molecule has 37 heavy (non-hydrogen) atoms. The first kappa shape index (κ1) is 29.7. The van der Waals surface area contributed by atoms with Gasteiger partial charge in [0.05, 0.1) is 21.8 Å². The topological polar surface area (TPSA) is 122 Å². The van der Waals surface area contributed by atoms with Crippen molar-refractivity contribution in [2.75, 3.05) is 18.1 Å². The summed E-state index contributed by atoms with van der Waals surface area (Å²) in [5.74, 6) is -0.420. The number of aromatic nitrogens is 2. The van der Waals surface area contributed by atoms with E-state index in [1.54, 1.807) is 54.8 Å². The van der Waals surface area contributed by atoms with Gasteiger partial charge in [0.25, 0.3) is 5.91 Å². The molecule has 3 N–H and O–H groups in total. The highest BCUT2D eigenvalue weighted by molar-refractivity contribution is 7.18. The SMILES string of the molecule is CCOC(=O)CN(C(=O)c1ccc2sc(CCc3ccc(C(=N)N)cc3)nc2c1)c1ccccn1.Cl.Cl. The maximum atomic E-state index is 13.4. The van der Waals surface area contributed by atoms with Gasteiger partial charge in [0, 0.05) is 23.7 Å². The lowest BCUT2D eigenvalue weighted by Gasteiger charge is -2.20. The molecule has 0 bridgehead atoms. The number of nitrogens with two attached hydrogens (primary N) is 1. The fourth-order valence-electron chi connectivity index (χ4n) is 3.58. The number of halogens is 2. The predicted octanol–water partition coefficient (Wildman–Crippen LogP) is 4.81. The fraction of sp³-hybridized carbons (Fsp3) is 0.192. The molecule has 194 valence electrons. The highest BCUT2D eigenvalue weighted by atomic mass is 35.5. The summed E-state index contributed by atoms with van der Waals surface area (Å²) < 4.78 is 6.03. The van der Waals surface area contributed by atoms with Crippen LogP contribution in [0, 0.1) is 5.41 Å². The second-order valence-corrected chi connectivity index (χ2v) is 8.90. The van der Waals surface area contributed by atoms with Crippen molar-refractivity contribution in [1.29, 1.82) is 5.41 Å². The highest BCUT2D eigenvalue weighted by Gasteiger charge is 2.23. The van der Waals surface area contributed by atoms with Crippen LogP contribution in [-0.4, -0.2) is 40.8 Å². The number of nitrogens with zero attached hydrogens (tertiary/aromatic N) is 3. The number of benzene rings is 2. The maximum Gasteiger partial charge on any atom is 0.326 e. The van der Waals surface area contributed by atoms with Crippen LogP contribution >= 0.6 is 36.2 Å². The van der Waals surface area contributed by atoms with E-state index in [0.29, 0.717) is 16.9 Å². The standard InChI is InChI=1S/C26H25N5O3S.2ClH/c1-2-34-24(32)16-31(22-5-3-4-14-29-22)26(33)19-11-12-21-20(15-19)30-23(35-21)13-8-17-6-9-18(10-7-17)25(27)28;;/h3-7,9-12,14-15H,2,8,13,16H2,1H3,(H3,27,28);2*1H. The lowest BCUT2D eigenvalue weighted by atomic mass is 10.1. The van der Waals surface area contributed by atoms with Crippen molar-refractivity contribution in [3.63, 3.8) is 0 Å². The molecule has 0 aliphatic heterocycles. The summed E-state index contributed by atoms with van der Waals surface area (Å²) in [6.45, 7) is 1.73. The van der Waals surface area contributed by atoms with E-state index in [-0.39, 0.29) is 49.7 Å². The number of rotatable bonds is 9. The number of aryl methyl sites for hydroxylation is 2. The third kappa shape index (κ3) is 7.48. The minimum absolute atomic E-state index is 0. The largest absolute Gasteiger partial charge is 0.465 e. The third-order valence-corrected chi connectivity index (χ3v) is 6.43. The van der Waals surface area contributed by atoms with Crippen LogP contribution in [0.3, 0.4) is 0 Å². The van der Waals surface area contributed by atoms with Gasteiger partial charge in [0.2, 0.25) is 0 Å². The van der Waals surface area contributed by atoms with Gasteiger partial charge in [0.1, 0.15) is 18.2 Å². The molecule has 0 unspecified atom stereocenters. The molecule has 11 heteroatoms. The lowest BCUT2D eigenvalue weighted by Crippen LogP contribution is -2.37. The number of nitrogen functional groups attached to an aromatic ring is 1. The number of hydrogen-bond donors (Lipinski definition) is 2. The molecule has 4 rings (SSSR count). The monoisotopic (exact) mass is 559 g/mol. The number of pyridine rings is 1.